The van der Waals surface area contributed by atoms with Gasteiger partial charge in [-0.1, -0.05) is 5.16 Å². The van der Waals surface area contributed by atoms with Crippen LogP contribution in [0.4, 0.5) is 10.9 Å². The highest BCUT2D eigenvalue weighted by Gasteiger charge is 2.21. The third-order valence-electron chi connectivity index (χ3n) is 3.07. The van der Waals surface area contributed by atoms with Crippen LogP contribution in [0.2, 0.25) is 0 Å². The second-order valence-corrected chi connectivity index (χ2v) is 6.03. The third kappa shape index (κ3) is 4.35. The lowest BCUT2D eigenvalue weighted by Gasteiger charge is -2.04. The quantitative estimate of drug-likeness (QED) is 0.740. The number of aryl methyl sites for hydroxylation is 2. The summed E-state index contributed by atoms with van der Waals surface area (Å²) >= 11 is 1.08. The van der Waals surface area contributed by atoms with Crippen LogP contribution in [-0.2, 0) is 14.3 Å². The molecule has 25 heavy (non-hydrogen) atoms. The van der Waals surface area contributed by atoms with Crippen molar-refractivity contribution in [2.24, 2.45) is 0 Å². The number of ether oxygens (including phenoxy) is 2. The van der Waals surface area contributed by atoms with Crippen molar-refractivity contribution in [2.45, 2.75) is 20.8 Å². The Kier molecular flexibility index (Phi) is 5.75. The summed E-state index contributed by atoms with van der Waals surface area (Å²) in [7, 11) is 0. The molecule has 0 bridgehead atoms. The molecular formula is C15H17N3O6S. The van der Waals surface area contributed by atoms with Crippen molar-refractivity contribution < 1.29 is 28.4 Å². The van der Waals surface area contributed by atoms with E-state index in [0.29, 0.717) is 15.4 Å². The van der Waals surface area contributed by atoms with Crippen LogP contribution < -0.4 is 11.1 Å². The highest BCUT2D eigenvalue weighted by atomic mass is 32.1. The molecular weight excluding hydrogens is 350 g/mol. The molecule has 0 spiro atoms. The number of aromatic nitrogens is 1. The predicted octanol–water partition coefficient (Wildman–Crippen LogP) is 1.91. The second-order valence-electron chi connectivity index (χ2n) is 4.97. The van der Waals surface area contributed by atoms with Gasteiger partial charge >= 0.3 is 11.9 Å². The number of hydrogen-bond acceptors (Lipinski definition) is 9. The van der Waals surface area contributed by atoms with Crippen LogP contribution in [0.15, 0.2) is 10.6 Å². The van der Waals surface area contributed by atoms with Gasteiger partial charge in [-0.2, -0.15) is 0 Å². The number of nitrogens with zero attached hydrogens (tertiary/aromatic N) is 1. The van der Waals surface area contributed by atoms with Crippen molar-refractivity contribution in [1.29, 1.82) is 0 Å². The highest BCUT2D eigenvalue weighted by Crippen LogP contribution is 2.27. The van der Waals surface area contributed by atoms with E-state index in [1.807, 2.05) is 0 Å². The van der Waals surface area contributed by atoms with Gasteiger partial charge in [0.15, 0.2) is 6.61 Å². The van der Waals surface area contributed by atoms with Crippen molar-refractivity contribution in [3.8, 4) is 0 Å². The number of amides is 1. The minimum atomic E-state index is -0.805. The predicted molar refractivity (Wildman–Crippen MR) is 89.6 cm³/mol. The fourth-order valence-corrected chi connectivity index (χ4v) is 2.94. The molecule has 10 heteroatoms. The van der Waals surface area contributed by atoms with Crippen LogP contribution in [0.3, 0.4) is 0 Å². The smallest absolute Gasteiger partial charge is 0.348 e. The number of hydrogen-bond donors (Lipinski definition) is 2. The first-order chi connectivity index (χ1) is 11.8. The zero-order valence-corrected chi connectivity index (χ0v) is 14.7. The van der Waals surface area contributed by atoms with Gasteiger partial charge < -0.3 is 25.0 Å². The molecule has 2 aromatic heterocycles. The first-order valence-corrected chi connectivity index (χ1v) is 8.11. The number of nitrogens with one attached hydrogen (secondary N) is 1. The maximum absolute atomic E-state index is 11.9. The Bertz CT molecular complexity index is 791. The summed E-state index contributed by atoms with van der Waals surface area (Å²) in [5, 5.41) is 6.53. The monoisotopic (exact) mass is 367 g/mol. The van der Waals surface area contributed by atoms with Crippen LogP contribution >= 0.6 is 11.3 Å². The van der Waals surface area contributed by atoms with E-state index in [1.54, 1.807) is 19.9 Å². The molecule has 2 aromatic rings. The lowest BCUT2D eigenvalue weighted by Crippen LogP contribution is -2.21. The van der Waals surface area contributed by atoms with Crippen molar-refractivity contribution in [3.05, 3.63) is 27.8 Å². The van der Waals surface area contributed by atoms with E-state index in [9.17, 15) is 14.4 Å². The van der Waals surface area contributed by atoms with Crippen LogP contribution in [0.25, 0.3) is 0 Å². The number of nitrogens with two attached hydrogens (primary N) is 1. The molecule has 0 aliphatic rings. The number of anilines is 2. The minimum Gasteiger partial charge on any atom is -0.462 e. The Morgan fingerprint density at radius 3 is 2.60 bits per heavy atom. The molecule has 0 atom stereocenters. The normalized spacial score (nSPS) is 10.4. The lowest BCUT2D eigenvalue weighted by molar-refractivity contribution is -0.119. The molecule has 2 heterocycles. The van der Waals surface area contributed by atoms with Gasteiger partial charge in [0.25, 0.3) is 5.91 Å². The number of nitrogen functional groups attached to an aromatic ring is 1. The number of thiophene rings is 1. The van der Waals surface area contributed by atoms with E-state index in [1.165, 1.54) is 6.92 Å². The molecule has 0 unspecified atom stereocenters. The van der Waals surface area contributed by atoms with Crippen molar-refractivity contribution in [2.75, 3.05) is 24.3 Å². The Balaban J connectivity index is 1.94. The van der Waals surface area contributed by atoms with E-state index in [-0.39, 0.29) is 23.7 Å². The van der Waals surface area contributed by atoms with Crippen LogP contribution in [0.5, 0.6) is 0 Å². The van der Waals surface area contributed by atoms with Gasteiger partial charge in [-0.15, -0.1) is 11.3 Å². The standard InChI is InChI=1S/C15H17N3O6S/c1-4-22-15(21)12-7(2)5-10(25-12)17-9(19)6-23-14(20)11-8(3)18-24-13(11)16/h5H,4,6,16H2,1-3H3,(H,17,19). The largest absolute Gasteiger partial charge is 0.462 e. The number of rotatable bonds is 6. The topological polar surface area (TPSA) is 134 Å². The van der Waals surface area contributed by atoms with E-state index in [2.05, 4.69) is 15.0 Å². The summed E-state index contributed by atoms with van der Waals surface area (Å²) in [6.45, 7) is 4.72. The van der Waals surface area contributed by atoms with Gasteiger partial charge in [0.1, 0.15) is 10.4 Å². The van der Waals surface area contributed by atoms with Gasteiger partial charge in [-0.05, 0) is 32.4 Å². The molecule has 3 N–H and O–H groups in total. The van der Waals surface area contributed by atoms with E-state index in [4.69, 9.17) is 15.2 Å². The third-order valence-corrected chi connectivity index (χ3v) is 4.20. The second kappa shape index (κ2) is 7.79. The molecule has 0 saturated carbocycles. The fraction of sp³-hybridized carbons (Fsp3) is 0.333. The zero-order valence-electron chi connectivity index (χ0n) is 13.9. The van der Waals surface area contributed by atoms with Crippen LogP contribution in [0.1, 0.15) is 38.2 Å². The molecule has 0 aliphatic heterocycles. The minimum absolute atomic E-state index is 0.00985. The summed E-state index contributed by atoms with van der Waals surface area (Å²) in [5.74, 6) is -1.98. The Morgan fingerprint density at radius 2 is 2.00 bits per heavy atom. The van der Waals surface area contributed by atoms with Crippen LogP contribution in [-0.4, -0.2) is 36.2 Å². The SMILES string of the molecule is CCOC(=O)c1sc(NC(=O)COC(=O)c2c(C)noc2N)cc1C. The molecule has 0 fully saturated rings. The van der Waals surface area contributed by atoms with E-state index < -0.39 is 24.5 Å². The molecule has 134 valence electrons. The number of carbonyl (C=O) groups excluding carboxylic acids is 3. The van der Waals surface area contributed by atoms with Gasteiger partial charge in [0, 0.05) is 0 Å². The lowest BCUT2D eigenvalue weighted by atomic mass is 10.2. The molecule has 1 amide bonds. The molecule has 0 radical (unpaired) electrons. The van der Waals surface area contributed by atoms with Crippen molar-refractivity contribution in [1.82, 2.24) is 5.16 Å². The summed E-state index contributed by atoms with van der Waals surface area (Å²) in [4.78, 5) is 35.9. The summed E-state index contributed by atoms with van der Waals surface area (Å²) in [6, 6.07) is 1.64. The van der Waals surface area contributed by atoms with Gasteiger partial charge in [0.2, 0.25) is 5.88 Å². The Morgan fingerprint density at radius 1 is 1.28 bits per heavy atom. The maximum Gasteiger partial charge on any atom is 0.348 e. The fourth-order valence-electron chi connectivity index (χ4n) is 1.96. The maximum atomic E-state index is 11.9. The van der Waals surface area contributed by atoms with Crippen molar-refractivity contribution >= 4 is 40.1 Å². The average Bonchev–Trinajstić information content (AvgIpc) is 3.07. The first-order valence-electron chi connectivity index (χ1n) is 7.29. The number of esters is 2. The number of carbonyl (C=O) groups is 3. The van der Waals surface area contributed by atoms with Crippen LogP contribution in [0, 0.1) is 13.8 Å². The highest BCUT2D eigenvalue weighted by molar-refractivity contribution is 7.18. The average molecular weight is 367 g/mol. The Hall–Kier alpha value is -2.88. The van der Waals surface area contributed by atoms with Gasteiger partial charge in [-0.3, -0.25) is 4.79 Å². The molecule has 2 rings (SSSR count). The van der Waals surface area contributed by atoms with E-state index in [0.717, 1.165) is 11.3 Å². The van der Waals surface area contributed by atoms with Gasteiger partial charge in [0.05, 0.1) is 17.3 Å². The molecule has 0 aromatic carbocycles. The van der Waals surface area contributed by atoms with Gasteiger partial charge in [-0.25, -0.2) is 9.59 Å². The van der Waals surface area contributed by atoms with Crippen molar-refractivity contribution in [3.63, 3.8) is 0 Å². The molecule has 0 saturated heterocycles. The molecule has 0 aliphatic carbocycles. The zero-order chi connectivity index (χ0) is 18.6. The molecule has 9 nitrogen and oxygen atoms in total. The van der Waals surface area contributed by atoms with E-state index >= 15 is 0 Å². The summed E-state index contributed by atoms with van der Waals surface area (Å²) in [5.41, 5.74) is 6.42. The summed E-state index contributed by atoms with van der Waals surface area (Å²) in [6.07, 6.45) is 0. The first kappa shape index (κ1) is 18.5. The Labute approximate surface area is 147 Å². The summed E-state index contributed by atoms with van der Waals surface area (Å²) < 4.78 is 14.5.